The summed E-state index contributed by atoms with van der Waals surface area (Å²) in [5.74, 6) is 0. The molecule has 0 amide bonds. The van der Waals surface area contributed by atoms with E-state index < -0.39 is 0 Å². The molecule has 0 spiro atoms. The molecule has 0 saturated heterocycles. The first-order chi connectivity index (χ1) is 7.60. The minimum atomic E-state index is -0.124. The van der Waals surface area contributed by atoms with Crippen LogP contribution in [0.5, 0.6) is 0 Å². The number of nitrogens with zero attached hydrogens (tertiary/aromatic N) is 1. The van der Waals surface area contributed by atoms with Gasteiger partial charge in [-0.3, -0.25) is 0 Å². The lowest BCUT2D eigenvalue weighted by Gasteiger charge is -2.50. The second-order valence-corrected chi connectivity index (χ2v) is 6.45. The second kappa shape index (κ2) is 2.92. The van der Waals surface area contributed by atoms with E-state index in [-0.39, 0.29) is 5.41 Å². The van der Waals surface area contributed by atoms with Crippen LogP contribution in [0.4, 0.5) is 0 Å². The van der Waals surface area contributed by atoms with Crippen molar-refractivity contribution in [2.75, 3.05) is 0 Å². The minimum Gasteiger partial charge on any atom is -0.198 e. The summed E-state index contributed by atoms with van der Waals surface area (Å²) in [5, 5.41) is 9.63. The van der Waals surface area contributed by atoms with Gasteiger partial charge in [-0.1, -0.05) is 31.4 Å². The van der Waals surface area contributed by atoms with E-state index in [0.29, 0.717) is 10.8 Å². The number of hydrogen-bond acceptors (Lipinski definition) is 1. The predicted molar refractivity (Wildman–Crippen MR) is 64.7 cm³/mol. The Bertz CT molecular complexity index is 391. The van der Waals surface area contributed by atoms with Crippen LogP contribution in [0.1, 0.15) is 58.3 Å². The highest BCUT2D eigenvalue weighted by atomic mass is 14.7. The van der Waals surface area contributed by atoms with E-state index in [1.54, 1.807) is 0 Å². The molecule has 1 nitrogen and oxygen atoms in total. The van der Waals surface area contributed by atoms with Crippen molar-refractivity contribution >= 4 is 0 Å². The van der Waals surface area contributed by atoms with Gasteiger partial charge < -0.3 is 0 Å². The van der Waals surface area contributed by atoms with E-state index >= 15 is 0 Å². The highest BCUT2D eigenvalue weighted by molar-refractivity contribution is 5.36. The van der Waals surface area contributed by atoms with Gasteiger partial charge in [-0.05, 0) is 49.9 Å². The van der Waals surface area contributed by atoms with Crippen LogP contribution >= 0.6 is 0 Å². The molecule has 0 N–H and O–H groups in total. The molecule has 3 aliphatic carbocycles. The van der Waals surface area contributed by atoms with Crippen LogP contribution in [0, 0.1) is 27.6 Å². The third-order valence-electron chi connectivity index (χ3n) is 6.13. The molecule has 0 bridgehead atoms. The predicted octanol–water partition coefficient (Wildman–Crippen LogP) is 4.21. The number of rotatable bonds is 0. The maximum absolute atomic E-state index is 9.63. The van der Waals surface area contributed by atoms with Crippen LogP contribution < -0.4 is 0 Å². The molecule has 0 heterocycles. The molecular weight excluding hydrogens is 194 g/mol. The molecule has 0 aromatic rings. The zero-order chi connectivity index (χ0) is 11.4. The van der Waals surface area contributed by atoms with Crippen LogP contribution in [-0.2, 0) is 0 Å². The first-order valence-corrected chi connectivity index (χ1v) is 6.70. The van der Waals surface area contributed by atoms with E-state index in [0.717, 1.165) is 6.42 Å². The summed E-state index contributed by atoms with van der Waals surface area (Å²) in [6.45, 7) is 6.56. The summed E-state index contributed by atoms with van der Waals surface area (Å²) < 4.78 is 0. The molecule has 3 rings (SSSR count). The summed E-state index contributed by atoms with van der Waals surface area (Å²) in [4.78, 5) is 0. The Balaban J connectivity index is 2.19. The molecule has 0 aliphatic heterocycles. The van der Waals surface area contributed by atoms with Gasteiger partial charge in [-0.15, -0.1) is 0 Å². The molecule has 0 aromatic heterocycles. The number of nitriles is 1. The topological polar surface area (TPSA) is 23.8 Å². The van der Waals surface area contributed by atoms with Crippen molar-refractivity contribution in [1.82, 2.24) is 0 Å². The Labute approximate surface area is 98.5 Å². The second-order valence-electron chi connectivity index (χ2n) is 6.45. The molecule has 3 fully saturated rings. The van der Waals surface area contributed by atoms with E-state index in [2.05, 4.69) is 19.6 Å². The monoisotopic (exact) mass is 215 g/mol. The van der Waals surface area contributed by atoms with E-state index in [9.17, 15) is 5.26 Å². The van der Waals surface area contributed by atoms with Crippen molar-refractivity contribution in [3.63, 3.8) is 0 Å². The highest BCUT2D eigenvalue weighted by Crippen LogP contribution is 2.76. The summed E-state index contributed by atoms with van der Waals surface area (Å²) in [7, 11) is 0. The average molecular weight is 215 g/mol. The van der Waals surface area contributed by atoms with Crippen LogP contribution in [-0.4, -0.2) is 0 Å². The Morgan fingerprint density at radius 1 is 1.12 bits per heavy atom. The normalized spacial score (nSPS) is 50.9. The van der Waals surface area contributed by atoms with Crippen LogP contribution in [0.15, 0.2) is 12.2 Å². The number of hydrogen-bond donors (Lipinski definition) is 0. The zero-order valence-corrected chi connectivity index (χ0v) is 10.3. The fourth-order valence-electron chi connectivity index (χ4n) is 5.44. The molecule has 86 valence electrons. The Hall–Kier alpha value is -0.770. The van der Waals surface area contributed by atoms with Gasteiger partial charge in [0.2, 0.25) is 0 Å². The molecule has 0 unspecified atom stereocenters. The van der Waals surface area contributed by atoms with Crippen LogP contribution in [0.2, 0.25) is 0 Å². The van der Waals surface area contributed by atoms with Gasteiger partial charge in [0.15, 0.2) is 0 Å². The lowest BCUT2D eigenvalue weighted by molar-refractivity contribution is 0.00662. The van der Waals surface area contributed by atoms with E-state index in [1.165, 1.54) is 50.5 Å². The molecule has 0 radical (unpaired) electrons. The standard InChI is InChI=1S/C15H21N/c1-12-10-13(2,11-16)15-8-4-3-6-14(12,15)7-5-9-15/h1,3-10H2,2H3/t13-,14+,15-/m0/s1. The Kier molecular flexibility index (Phi) is 1.89. The smallest absolute Gasteiger partial charge is 0.0696 e. The molecular formula is C15H21N. The van der Waals surface area contributed by atoms with Gasteiger partial charge in [0.1, 0.15) is 0 Å². The molecule has 3 aliphatic rings. The SMILES string of the molecule is C=C1C[C@@](C)(C#N)[C@@]23CCCC[C@@]12CCC3. The molecule has 1 heteroatoms. The first-order valence-electron chi connectivity index (χ1n) is 6.70. The third kappa shape index (κ3) is 0.851. The number of allylic oxidation sites excluding steroid dienone is 1. The third-order valence-corrected chi connectivity index (χ3v) is 6.13. The summed E-state index contributed by atoms with van der Waals surface area (Å²) in [5.41, 5.74) is 1.94. The fraction of sp³-hybridized carbons (Fsp3) is 0.800. The van der Waals surface area contributed by atoms with Crippen molar-refractivity contribution in [1.29, 1.82) is 5.26 Å². The van der Waals surface area contributed by atoms with Crippen molar-refractivity contribution in [3.8, 4) is 6.07 Å². The summed E-state index contributed by atoms with van der Waals surface area (Å²) >= 11 is 0. The van der Waals surface area contributed by atoms with Crippen molar-refractivity contribution in [2.45, 2.75) is 58.3 Å². The quantitative estimate of drug-likeness (QED) is 0.555. The summed E-state index contributed by atoms with van der Waals surface area (Å²) in [6, 6.07) is 2.67. The largest absolute Gasteiger partial charge is 0.198 e. The lowest BCUT2D eigenvalue weighted by atomic mass is 9.52. The zero-order valence-electron chi connectivity index (χ0n) is 10.3. The molecule has 16 heavy (non-hydrogen) atoms. The van der Waals surface area contributed by atoms with Gasteiger partial charge in [-0.2, -0.15) is 5.26 Å². The lowest BCUT2D eigenvalue weighted by Crippen LogP contribution is -2.44. The van der Waals surface area contributed by atoms with Gasteiger partial charge in [0.05, 0.1) is 11.5 Å². The van der Waals surface area contributed by atoms with Gasteiger partial charge in [0.25, 0.3) is 0 Å². The summed E-state index contributed by atoms with van der Waals surface area (Å²) in [6.07, 6.45) is 10.1. The van der Waals surface area contributed by atoms with Gasteiger partial charge >= 0.3 is 0 Å². The van der Waals surface area contributed by atoms with E-state index in [1.807, 2.05) is 0 Å². The fourth-order valence-corrected chi connectivity index (χ4v) is 5.44. The van der Waals surface area contributed by atoms with E-state index in [4.69, 9.17) is 0 Å². The van der Waals surface area contributed by atoms with Crippen LogP contribution in [0.3, 0.4) is 0 Å². The highest BCUT2D eigenvalue weighted by Gasteiger charge is 2.69. The first kappa shape index (κ1) is 10.4. The molecule has 0 aromatic carbocycles. The average Bonchev–Trinajstić information content (AvgIpc) is 2.77. The molecule has 3 atom stereocenters. The Morgan fingerprint density at radius 2 is 1.75 bits per heavy atom. The van der Waals surface area contributed by atoms with Crippen molar-refractivity contribution < 1.29 is 0 Å². The van der Waals surface area contributed by atoms with Gasteiger partial charge in [-0.25, -0.2) is 0 Å². The Morgan fingerprint density at radius 3 is 2.50 bits per heavy atom. The van der Waals surface area contributed by atoms with Crippen molar-refractivity contribution in [3.05, 3.63) is 12.2 Å². The maximum atomic E-state index is 9.63. The van der Waals surface area contributed by atoms with Gasteiger partial charge in [0, 0.05) is 0 Å². The molecule has 3 saturated carbocycles. The maximum Gasteiger partial charge on any atom is 0.0696 e. The minimum absolute atomic E-state index is 0.124. The van der Waals surface area contributed by atoms with Crippen LogP contribution in [0.25, 0.3) is 0 Å². The van der Waals surface area contributed by atoms with Crippen molar-refractivity contribution in [2.24, 2.45) is 16.2 Å².